The first-order chi connectivity index (χ1) is 9.06. The zero-order chi connectivity index (χ0) is 14.0. The van der Waals surface area contributed by atoms with Crippen molar-refractivity contribution in [3.8, 4) is 0 Å². The Morgan fingerprint density at radius 3 is 3.05 bits per heavy atom. The Kier molecular flexibility index (Phi) is 3.73. The van der Waals surface area contributed by atoms with E-state index >= 15 is 0 Å². The molecule has 0 saturated carbocycles. The Hall–Kier alpha value is -2.05. The van der Waals surface area contributed by atoms with Gasteiger partial charge in [0.1, 0.15) is 6.23 Å². The number of nitrogens with one attached hydrogen (secondary N) is 1. The summed E-state index contributed by atoms with van der Waals surface area (Å²) >= 11 is 0. The normalized spacial score (nSPS) is 26.1. The van der Waals surface area contributed by atoms with Crippen LogP contribution in [0, 0.1) is 13.8 Å². The van der Waals surface area contributed by atoms with Crippen LogP contribution in [0.1, 0.15) is 24.6 Å². The maximum absolute atomic E-state index is 11.7. The molecule has 1 fully saturated rings. The lowest BCUT2D eigenvalue weighted by molar-refractivity contribution is -0.00148. The summed E-state index contributed by atoms with van der Waals surface area (Å²) in [4.78, 5) is 28.0. The van der Waals surface area contributed by atoms with Gasteiger partial charge in [0.25, 0.3) is 5.56 Å². The fourth-order valence-electron chi connectivity index (χ4n) is 2.13. The first-order valence-electron chi connectivity index (χ1n) is 5.87. The fraction of sp³-hybridized carbons (Fsp3) is 0.545. The minimum atomic E-state index is -0.551. The van der Waals surface area contributed by atoms with Crippen LogP contribution in [0.3, 0.4) is 0 Å². The molecule has 0 amide bonds. The van der Waals surface area contributed by atoms with Gasteiger partial charge in [0.2, 0.25) is 0 Å². The molecule has 2 heterocycles. The Morgan fingerprint density at radius 1 is 1.68 bits per heavy atom. The molecule has 0 unspecified atom stereocenters. The molecule has 0 bridgehead atoms. The van der Waals surface area contributed by atoms with Gasteiger partial charge < -0.3 is 4.74 Å². The van der Waals surface area contributed by atoms with Gasteiger partial charge >= 0.3 is 5.69 Å². The molecule has 0 spiro atoms. The summed E-state index contributed by atoms with van der Waals surface area (Å²) in [5.74, 6) is 0. The molecule has 0 aliphatic carbocycles. The van der Waals surface area contributed by atoms with E-state index in [1.807, 2.05) is 0 Å². The van der Waals surface area contributed by atoms with Gasteiger partial charge in [0, 0.05) is 23.1 Å². The molecule has 1 radical (unpaired) electrons. The van der Waals surface area contributed by atoms with Gasteiger partial charge in [-0.2, -0.15) is 0 Å². The van der Waals surface area contributed by atoms with Gasteiger partial charge in [-0.15, -0.1) is 0 Å². The van der Waals surface area contributed by atoms with E-state index in [1.54, 1.807) is 6.92 Å². The van der Waals surface area contributed by atoms with E-state index in [0.717, 1.165) is 0 Å². The molecular weight excluding hydrogens is 250 g/mol. The lowest BCUT2D eigenvalue weighted by Gasteiger charge is -2.15. The van der Waals surface area contributed by atoms with Gasteiger partial charge in [0.05, 0.1) is 12.1 Å². The molecule has 19 heavy (non-hydrogen) atoms. The van der Waals surface area contributed by atoms with Crippen molar-refractivity contribution in [3.63, 3.8) is 0 Å². The maximum atomic E-state index is 11.7. The van der Waals surface area contributed by atoms with Crippen LogP contribution in [-0.2, 0) is 4.74 Å². The standard InChI is InChI=1S/C11H14N5O3/c1-3-8-7(14-15-12)4-9(19-8)16-5-6(2)10(17)13-11(16)18/h5,7-9H,1,3-4H2,2H3,(H,13,17,18)/t7-,8-,9-/m0/s1. The summed E-state index contributed by atoms with van der Waals surface area (Å²) in [5, 5.41) is 3.65. The minimum Gasteiger partial charge on any atom is -0.354 e. The number of aromatic nitrogens is 2. The second kappa shape index (κ2) is 5.29. The largest absolute Gasteiger partial charge is 0.354 e. The van der Waals surface area contributed by atoms with Crippen LogP contribution < -0.4 is 11.2 Å². The molecule has 8 heteroatoms. The van der Waals surface area contributed by atoms with E-state index in [1.165, 1.54) is 10.8 Å². The van der Waals surface area contributed by atoms with Gasteiger partial charge in [-0.3, -0.25) is 14.3 Å². The third-order valence-corrected chi connectivity index (χ3v) is 3.14. The summed E-state index contributed by atoms with van der Waals surface area (Å²) in [6.45, 7) is 5.33. The lowest BCUT2D eigenvalue weighted by atomic mass is 10.1. The molecule has 1 aliphatic heterocycles. The summed E-state index contributed by atoms with van der Waals surface area (Å²) in [5.41, 5.74) is 7.96. The van der Waals surface area contributed by atoms with E-state index in [2.05, 4.69) is 21.9 Å². The van der Waals surface area contributed by atoms with Crippen LogP contribution in [0.25, 0.3) is 10.4 Å². The average molecular weight is 264 g/mol. The van der Waals surface area contributed by atoms with Crippen molar-refractivity contribution in [3.05, 3.63) is 50.0 Å². The number of hydrogen-bond donors (Lipinski definition) is 1. The Balaban J connectivity index is 2.34. The first-order valence-corrected chi connectivity index (χ1v) is 5.87. The number of nitrogens with zero attached hydrogens (tertiary/aromatic N) is 4. The number of hydrogen-bond acceptors (Lipinski definition) is 4. The van der Waals surface area contributed by atoms with E-state index in [0.29, 0.717) is 18.4 Å². The smallest absolute Gasteiger partial charge is 0.330 e. The maximum Gasteiger partial charge on any atom is 0.330 e. The predicted molar refractivity (Wildman–Crippen MR) is 67.5 cm³/mol. The van der Waals surface area contributed by atoms with Crippen LogP contribution in [0.5, 0.6) is 0 Å². The third-order valence-electron chi connectivity index (χ3n) is 3.14. The summed E-state index contributed by atoms with van der Waals surface area (Å²) < 4.78 is 6.96. The van der Waals surface area contributed by atoms with Crippen LogP contribution in [0.4, 0.5) is 0 Å². The molecule has 8 nitrogen and oxygen atoms in total. The van der Waals surface area contributed by atoms with Crippen molar-refractivity contribution in [2.24, 2.45) is 5.11 Å². The molecule has 1 aromatic heterocycles. The lowest BCUT2D eigenvalue weighted by Crippen LogP contribution is -2.33. The quantitative estimate of drug-likeness (QED) is 0.499. The molecule has 1 aliphatic rings. The second-order valence-corrected chi connectivity index (χ2v) is 4.40. The topological polar surface area (TPSA) is 113 Å². The minimum absolute atomic E-state index is 0.319. The van der Waals surface area contributed by atoms with E-state index in [4.69, 9.17) is 10.3 Å². The monoisotopic (exact) mass is 264 g/mol. The van der Waals surface area contributed by atoms with Gasteiger partial charge in [-0.1, -0.05) is 12.0 Å². The molecular formula is C11H14N5O3. The van der Waals surface area contributed by atoms with Crippen molar-refractivity contribution in [2.75, 3.05) is 0 Å². The average Bonchev–Trinajstić information content (AvgIpc) is 2.77. The molecule has 101 valence electrons. The molecule has 2 rings (SSSR count). The summed E-state index contributed by atoms with van der Waals surface area (Å²) in [7, 11) is 0. The number of azide groups is 1. The fourth-order valence-corrected chi connectivity index (χ4v) is 2.13. The van der Waals surface area contributed by atoms with Crippen molar-refractivity contribution in [1.82, 2.24) is 9.55 Å². The van der Waals surface area contributed by atoms with Crippen LogP contribution in [-0.4, -0.2) is 21.7 Å². The Labute approximate surface area is 108 Å². The number of aryl methyl sites for hydroxylation is 1. The zero-order valence-corrected chi connectivity index (χ0v) is 10.4. The van der Waals surface area contributed by atoms with Crippen LogP contribution >= 0.6 is 0 Å². The summed E-state index contributed by atoms with van der Waals surface area (Å²) in [6, 6.07) is -0.355. The van der Waals surface area contributed by atoms with Crippen LogP contribution in [0.2, 0.25) is 0 Å². The molecule has 1 N–H and O–H groups in total. The number of rotatable bonds is 3. The van der Waals surface area contributed by atoms with Crippen molar-refractivity contribution < 1.29 is 4.74 Å². The van der Waals surface area contributed by atoms with E-state index in [-0.39, 0.29) is 12.1 Å². The molecule has 0 aromatic carbocycles. The third kappa shape index (κ3) is 2.54. The highest BCUT2D eigenvalue weighted by atomic mass is 16.5. The van der Waals surface area contributed by atoms with E-state index in [9.17, 15) is 9.59 Å². The predicted octanol–water partition coefficient (Wildman–Crippen LogP) is 1.04. The molecule has 3 atom stereocenters. The first kappa shape index (κ1) is 13.4. The number of H-pyrrole nitrogens is 1. The highest BCUT2D eigenvalue weighted by Crippen LogP contribution is 2.31. The number of aromatic amines is 1. The second-order valence-electron chi connectivity index (χ2n) is 4.40. The van der Waals surface area contributed by atoms with Gasteiger partial charge in [-0.05, 0) is 18.9 Å². The Bertz CT molecular complexity index is 628. The highest BCUT2D eigenvalue weighted by Gasteiger charge is 2.35. The molecule has 1 aromatic rings. The Morgan fingerprint density at radius 2 is 2.42 bits per heavy atom. The zero-order valence-electron chi connectivity index (χ0n) is 10.4. The van der Waals surface area contributed by atoms with Gasteiger partial charge in [-0.25, -0.2) is 4.79 Å². The summed E-state index contributed by atoms with van der Waals surface area (Å²) in [6.07, 6.45) is 1.41. The van der Waals surface area contributed by atoms with Crippen molar-refractivity contribution in [2.45, 2.75) is 38.1 Å². The van der Waals surface area contributed by atoms with E-state index < -0.39 is 17.5 Å². The van der Waals surface area contributed by atoms with Gasteiger partial charge in [0.15, 0.2) is 0 Å². The number of ether oxygens (including phenoxy) is 1. The van der Waals surface area contributed by atoms with Crippen LogP contribution in [0.15, 0.2) is 20.9 Å². The van der Waals surface area contributed by atoms with Crippen molar-refractivity contribution >= 4 is 0 Å². The highest BCUT2D eigenvalue weighted by molar-refractivity contribution is 5.02. The molecule has 1 saturated heterocycles. The van der Waals surface area contributed by atoms with Crippen molar-refractivity contribution in [1.29, 1.82) is 0 Å². The SMILES string of the molecule is [CH2]C[C@@H]1O[C@H](n2cc(C)c(=O)[nH]c2=O)C[C@@H]1N=[N+]=[N-].